The van der Waals surface area contributed by atoms with Crippen molar-refractivity contribution in [1.82, 2.24) is 0 Å². The van der Waals surface area contributed by atoms with Crippen LogP contribution in [0.25, 0.3) is 0 Å². The predicted octanol–water partition coefficient (Wildman–Crippen LogP) is 2.92. The smallest absolute Gasteiger partial charge is 0.314 e. The molecule has 0 saturated heterocycles. The fourth-order valence-electron chi connectivity index (χ4n) is 2.56. The molecular formula is C18H22N4O8. The molecule has 2 rings (SSSR count). The fourth-order valence-corrected chi connectivity index (χ4v) is 2.56. The first-order chi connectivity index (χ1) is 14.3. The zero-order valence-corrected chi connectivity index (χ0v) is 16.5. The van der Waals surface area contributed by atoms with E-state index in [9.17, 15) is 20.2 Å². The Morgan fingerprint density at radius 3 is 1.40 bits per heavy atom. The van der Waals surface area contributed by atoms with Gasteiger partial charge in [0.25, 0.3) is 0 Å². The number of hydrogen-bond donors (Lipinski definition) is 2. The molecular weight excluding hydrogens is 400 g/mol. The number of nitrogens with two attached hydrogens (primary N) is 2. The van der Waals surface area contributed by atoms with E-state index in [0.717, 1.165) is 0 Å². The molecule has 2 aromatic rings. The SMILES string of the molecule is COc1cc(N)c(OCCCCOc2cc([N+](=O)[O-])c(OC)cc2N)cc1[N+](=O)[O-]. The first-order valence-electron chi connectivity index (χ1n) is 8.77. The molecule has 0 aliphatic rings. The van der Waals surface area contributed by atoms with E-state index in [0.29, 0.717) is 12.8 Å². The topological polar surface area (TPSA) is 175 Å². The van der Waals surface area contributed by atoms with Crippen LogP contribution in [0.15, 0.2) is 24.3 Å². The van der Waals surface area contributed by atoms with Crippen molar-refractivity contribution in [3.05, 3.63) is 44.5 Å². The largest absolute Gasteiger partial charge is 0.491 e. The van der Waals surface area contributed by atoms with Crippen LogP contribution in [0.2, 0.25) is 0 Å². The molecule has 0 radical (unpaired) electrons. The number of methoxy groups -OCH3 is 2. The Balaban J connectivity index is 1.88. The summed E-state index contributed by atoms with van der Waals surface area (Å²) < 4.78 is 20.9. The predicted molar refractivity (Wildman–Crippen MR) is 108 cm³/mol. The maximum Gasteiger partial charge on any atom is 0.314 e. The van der Waals surface area contributed by atoms with Gasteiger partial charge in [-0.15, -0.1) is 0 Å². The molecule has 0 aliphatic heterocycles. The van der Waals surface area contributed by atoms with Crippen molar-refractivity contribution < 1.29 is 28.8 Å². The molecule has 2 aromatic carbocycles. The lowest BCUT2D eigenvalue weighted by atomic mass is 10.2. The minimum atomic E-state index is -0.586. The van der Waals surface area contributed by atoms with Crippen molar-refractivity contribution in [2.75, 3.05) is 38.9 Å². The maximum atomic E-state index is 11.1. The van der Waals surface area contributed by atoms with E-state index in [1.165, 1.54) is 38.5 Å². The zero-order valence-electron chi connectivity index (χ0n) is 16.5. The number of nitrogens with zero attached hydrogens (tertiary/aromatic N) is 2. The van der Waals surface area contributed by atoms with Crippen LogP contribution >= 0.6 is 0 Å². The molecule has 0 saturated carbocycles. The lowest BCUT2D eigenvalue weighted by molar-refractivity contribution is -0.386. The Kier molecular flexibility index (Phi) is 7.44. The number of nitro benzene ring substituents is 2. The highest BCUT2D eigenvalue weighted by Crippen LogP contribution is 2.37. The van der Waals surface area contributed by atoms with E-state index in [1.807, 2.05) is 0 Å². The molecule has 0 spiro atoms. The second-order valence-electron chi connectivity index (χ2n) is 6.04. The van der Waals surface area contributed by atoms with Gasteiger partial charge in [-0.25, -0.2) is 0 Å². The quantitative estimate of drug-likeness (QED) is 0.237. The lowest BCUT2D eigenvalue weighted by Crippen LogP contribution is -2.06. The molecule has 0 amide bonds. The van der Waals surface area contributed by atoms with Gasteiger partial charge in [-0.3, -0.25) is 20.2 Å². The molecule has 0 atom stereocenters. The fraction of sp³-hybridized carbons (Fsp3) is 0.333. The summed E-state index contributed by atoms with van der Waals surface area (Å²) in [5.41, 5.74) is 11.6. The lowest BCUT2D eigenvalue weighted by Gasteiger charge is -2.12. The molecule has 0 heterocycles. The molecule has 12 nitrogen and oxygen atoms in total. The van der Waals surface area contributed by atoms with Gasteiger partial charge < -0.3 is 30.4 Å². The monoisotopic (exact) mass is 422 g/mol. The maximum absolute atomic E-state index is 11.1. The first-order valence-corrected chi connectivity index (χ1v) is 8.77. The third-order valence-corrected chi connectivity index (χ3v) is 4.07. The van der Waals surface area contributed by atoms with Crippen molar-refractivity contribution in [3.63, 3.8) is 0 Å². The van der Waals surface area contributed by atoms with Crippen LogP contribution in [0.3, 0.4) is 0 Å². The van der Waals surface area contributed by atoms with E-state index in [4.69, 9.17) is 30.4 Å². The van der Waals surface area contributed by atoms with Gasteiger partial charge in [0.1, 0.15) is 11.5 Å². The normalized spacial score (nSPS) is 10.3. The number of hydrogen-bond acceptors (Lipinski definition) is 10. The minimum Gasteiger partial charge on any atom is -0.491 e. The standard InChI is InChI=1S/C18H22N4O8/c1-27-17-7-11(19)15(9-13(17)21(23)24)29-5-3-4-6-30-16-10-14(22(25)26)18(28-2)8-12(16)20/h7-10H,3-6,19-20H2,1-2H3. The van der Waals surface area contributed by atoms with Crippen LogP contribution in [0.4, 0.5) is 22.7 Å². The van der Waals surface area contributed by atoms with Crippen LogP contribution < -0.4 is 30.4 Å². The van der Waals surface area contributed by atoms with Crippen LogP contribution in [0.1, 0.15) is 12.8 Å². The molecule has 4 N–H and O–H groups in total. The van der Waals surface area contributed by atoms with Crippen molar-refractivity contribution >= 4 is 22.7 Å². The Labute approximate surface area is 171 Å². The third-order valence-electron chi connectivity index (χ3n) is 4.07. The molecule has 0 fully saturated rings. The summed E-state index contributed by atoms with van der Waals surface area (Å²) in [5.74, 6) is 0.450. The van der Waals surface area contributed by atoms with Crippen LogP contribution in [-0.4, -0.2) is 37.3 Å². The number of benzene rings is 2. The van der Waals surface area contributed by atoms with Gasteiger partial charge in [-0.1, -0.05) is 0 Å². The van der Waals surface area contributed by atoms with Crippen LogP contribution in [-0.2, 0) is 0 Å². The van der Waals surface area contributed by atoms with Gasteiger partial charge >= 0.3 is 11.4 Å². The van der Waals surface area contributed by atoms with Crippen LogP contribution in [0.5, 0.6) is 23.0 Å². The van der Waals surface area contributed by atoms with E-state index in [1.54, 1.807) is 0 Å². The molecule has 0 aliphatic carbocycles. The Bertz CT molecular complexity index is 859. The number of rotatable bonds is 11. The molecule has 162 valence electrons. The highest BCUT2D eigenvalue weighted by atomic mass is 16.6. The first kappa shape index (κ1) is 22.3. The van der Waals surface area contributed by atoms with Gasteiger partial charge in [0.05, 0.1) is 60.8 Å². The summed E-state index contributed by atoms with van der Waals surface area (Å²) in [5, 5.41) is 22.2. The van der Waals surface area contributed by atoms with Crippen molar-refractivity contribution in [2.45, 2.75) is 12.8 Å². The van der Waals surface area contributed by atoms with E-state index < -0.39 is 9.85 Å². The Morgan fingerprint density at radius 1 is 0.733 bits per heavy atom. The van der Waals surface area contributed by atoms with Crippen molar-refractivity contribution in [3.8, 4) is 23.0 Å². The van der Waals surface area contributed by atoms with E-state index >= 15 is 0 Å². The molecule has 0 unspecified atom stereocenters. The second kappa shape index (κ2) is 10.0. The van der Waals surface area contributed by atoms with E-state index in [2.05, 4.69) is 0 Å². The Morgan fingerprint density at radius 2 is 1.10 bits per heavy atom. The summed E-state index contributed by atoms with van der Waals surface area (Å²) in [7, 11) is 2.62. The van der Waals surface area contributed by atoms with Gasteiger partial charge in [0.2, 0.25) is 0 Å². The number of unbranched alkanes of at least 4 members (excludes halogenated alkanes) is 1. The molecule has 30 heavy (non-hydrogen) atoms. The van der Waals surface area contributed by atoms with E-state index in [-0.39, 0.29) is 59.0 Å². The molecule has 0 bridgehead atoms. The number of nitrogen functional groups attached to an aromatic ring is 2. The zero-order chi connectivity index (χ0) is 22.3. The summed E-state index contributed by atoms with van der Waals surface area (Å²) in [6, 6.07) is 5.08. The Hall–Kier alpha value is -3.96. The minimum absolute atomic E-state index is 0.0458. The summed E-state index contributed by atoms with van der Waals surface area (Å²) in [4.78, 5) is 21.0. The number of nitro groups is 2. The van der Waals surface area contributed by atoms with Gasteiger partial charge in [-0.2, -0.15) is 0 Å². The van der Waals surface area contributed by atoms with Crippen molar-refractivity contribution in [1.29, 1.82) is 0 Å². The van der Waals surface area contributed by atoms with Crippen molar-refractivity contribution in [2.24, 2.45) is 0 Å². The second-order valence-corrected chi connectivity index (χ2v) is 6.04. The average Bonchev–Trinajstić information content (AvgIpc) is 2.71. The molecule has 12 heteroatoms. The highest BCUT2D eigenvalue weighted by molar-refractivity contribution is 5.65. The summed E-state index contributed by atoms with van der Waals surface area (Å²) >= 11 is 0. The van der Waals surface area contributed by atoms with Gasteiger partial charge in [0.15, 0.2) is 11.5 Å². The summed E-state index contributed by atoms with van der Waals surface area (Å²) in [6.45, 7) is 0.463. The van der Waals surface area contributed by atoms with Crippen LogP contribution in [0, 0.1) is 20.2 Å². The van der Waals surface area contributed by atoms with Gasteiger partial charge in [-0.05, 0) is 12.8 Å². The number of ether oxygens (including phenoxy) is 4. The summed E-state index contributed by atoms with van der Waals surface area (Å²) in [6.07, 6.45) is 1.08. The molecule has 0 aromatic heterocycles. The highest BCUT2D eigenvalue weighted by Gasteiger charge is 2.20. The third kappa shape index (κ3) is 5.31. The number of anilines is 2. The van der Waals surface area contributed by atoms with Gasteiger partial charge in [0, 0.05) is 12.1 Å². The average molecular weight is 422 g/mol.